The van der Waals surface area contributed by atoms with Crippen LogP contribution < -0.4 is 5.32 Å². The van der Waals surface area contributed by atoms with Crippen molar-refractivity contribution in [1.82, 2.24) is 4.98 Å². The summed E-state index contributed by atoms with van der Waals surface area (Å²) in [5.74, 6) is 0. The Labute approximate surface area is 95.5 Å². The molecule has 0 radical (unpaired) electrons. The molecule has 0 amide bonds. The van der Waals surface area contributed by atoms with E-state index in [-0.39, 0.29) is 6.04 Å². The molecule has 0 aliphatic carbocycles. The fraction of sp³-hybridized carbons (Fsp3) is 0.308. The van der Waals surface area contributed by atoms with Gasteiger partial charge in [0.05, 0.1) is 12.1 Å². The van der Waals surface area contributed by atoms with Crippen LogP contribution in [0.3, 0.4) is 0 Å². The van der Waals surface area contributed by atoms with Crippen LogP contribution in [0.1, 0.15) is 6.92 Å². The van der Waals surface area contributed by atoms with Gasteiger partial charge in [-0.2, -0.15) is 0 Å². The van der Waals surface area contributed by atoms with Crippen molar-refractivity contribution < 1.29 is 4.74 Å². The first-order valence-electron chi connectivity index (χ1n) is 5.40. The largest absolute Gasteiger partial charge is 0.383 e. The second-order valence-electron chi connectivity index (χ2n) is 3.88. The van der Waals surface area contributed by atoms with Gasteiger partial charge in [-0.3, -0.25) is 4.98 Å². The Morgan fingerprint density at radius 2 is 2.19 bits per heavy atom. The van der Waals surface area contributed by atoms with Crippen LogP contribution in [0.5, 0.6) is 0 Å². The van der Waals surface area contributed by atoms with Gasteiger partial charge in [0.15, 0.2) is 0 Å². The maximum atomic E-state index is 5.11. The molecule has 0 aliphatic heterocycles. The van der Waals surface area contributed by atoms with Gasteiger partial charge in [-0.05, 0) is 31.2 Å². The van der Waals surface area contributed by atoms with Crippen LogP contribution in [0.15, 0.2) is 36.5 Å². The van der Waals surface area contributed by atoms with E-state index in [4.69, 9.17) is 4.74 Å². The zero-order chi connectivity index (χ0) is 11.4. The van der Waals surface area contributed by atoms with Crippen molar-refractivity contribution in [1.29, 1.82) is 0 Å². The minimum absolute atomic E-state index is 0.288. The molecule has 3 heteroatoms. The minimum atomic E-state index is 0.288. The van der Waals surface area contributed by atoms with Gasteiger partial charge in [0.1, 0.15) is 0 Å². The molecule has 84 valence electrons. The number of hydrogen-bond acceptors (Lipinski definition) is 3. The summed E-state index contributed by atoms with van der Waals surface area (Å²) in [7, 11) is 1.71. The first-order valence-corrected chi connectivity index (χ1v) is 5.40. The van der Waals surface area contributed by atoms with Crippen LogP contribution >= 0.6 is 0 Å². The van der Waals surface area contributed by atoms with E-state index in [1.807, 2.05) is 24.4 Å². The van der Waals surface area contributed by atoms with E-state index in [1.54, 1.807) is 7.11 Å². The van der Waals surface area contributed by atoms with Gasteiger partial charge < -0.3 is 10.1 Å². The molecule has 3 nitrogen and oxygen atoms in total. The fourth-order valence-electron chi connectivity index (χ4n) is 1.79. The smallest absolute Gasteiger partial charge is 0.0722 e. The van der Waals surface area contributed by atoms with Gasteiger partial charge in [-0.25, -0.2) is 0 Å². The van der Waals surface area contributed by atoms with E-state index in [1.165, 1.54) is 0 Å². The minimum Gasteiger partial charge on any atom is -0.383 e. The highest BCUT2D eigenvalue weighted by Crippen LogP contribution is 2.21. The van der Waals surface area contributed by atoms with Crippen molar-refractivity contribution in [3.8, 4) is 0 Å². The van der Waals surface area contributed by atoms with Gasteiger partial charge in [0, 0.05) is 30.4 Å². The number of ether oxygens (including phenoxy) is 1. The SMILES string of the molecule is COCC(C)Nc1cccc2ncccc12. The van der Waals surface area contributed by atoms with E-state index >= 15 is 0 Å². The second kappa shape index (κ2) is 4.94. The normalized spacial score (nSPS) is 12.6. The number of benzene rings is 1. The van der Waals surface area contributed by atoms with Crippen molar-refractivity contribution >= 4 is 16.6 Å². The number of aromatic nitrogens is 1. The highest BCUT2D eigenvalue weighted by Gasteiger charge is 2.04. The van der Waals surface area contributed by atoms with Crippen molar-refractivity contribution in [2.75, 3.05) is 19.0 Å². The van der Waals surface area contributed by atoms with E-state index in [9.17, 15) is 0 Å². The molecule has 0 fully saturated rings. The average Bonchev–Trinajstić information content (AvgIpc) is 2.30. The summed E-state index contributed by atoms with van der Waals surface area (Å²) >= 11 is 0. The average molecular weight is 216 g/mol. The van der Waals surface area contributed by atoms with E-state index in [0.717, 1.165) is 16.6 Å². The molecule has 2 rings (SSSR count). The van der Waals surface area contributed by atoms with Gasteiger partial charge in [-0.1, -0.05) is 6.07 Å². The van der Waals surface area contributed by atoms with Gasteiger partial charge >= 0.3 is 0 Å². The molecule has 1 atom stereocenters. The van der Waals surface area contributed by atoms with Crippen molar-refractivity contribution in [3.05, 3.63) is 36.5 Å². The lowest BCUT2D eigenvalue weighted by atomic mass is 10.1. The zero-order valence-corrected chi connectivity index (χ0v) is 9.60. The maximum Gasteiger partial charge on any atom is 0.0722 e. The molecule has 0 saturated heterocycles. The Balaban J connectivity index is 2.30. The number of hydrogen-bond donors (Lipinski definition) is 1. The summed E-state index contributed by atoms with van der Waals surface area (Å²) in [5.41, 5.74) is 2.12. The molecule has 16 heavy (non-hydrogen) atoms. The summed E-state index contributed by atoms with van der Waals surface area (Å²) in [6, 6.07) is 10.4. The summed E-state index contributed by atoms with van der Waals surface area (Å²) < 4.78 is 5.11. The third-order valence-electron chi connectivity index (χ3n) is 2.46. The predicted octanol–water partition coefficient (Wildman–Crippen LogP) is 2.68. The summed E-state index contributed by atoms with van der Waals surface area (Å²) in [5, 5.41) is 4.57. The first-order chi connectivity index (χ1) is 7.81. The number of pyridine rings is 1. The molecule has 1 unspecified atom stereocenters. The predicted molar refractivity (Wildman–Crippen MR) is 66.7 cm³/mol. The molecular weight excluding hydrogens is 200 g/mol. The molecule has 1 heterocycles. The quantitative estimate of drug-likeness (QED) is 0.853. The van der Waals surface area contributed by atoms with Crippen LogP contribution in [0.25, 0.3) is 10.9 Å². The fourth-order valence-corrected chi connectivity index (χ4v) is 1.79. The highest BCUT2D eigenvalue weighted by atomic mass is 16.5. The summed E-state index contributed by atoms with van der Waals surface area (Å²) in [6.45, 7) is 2.79. The van der Waals surface area contributed by atoms with Crippen molar-refractivity contribution in [2.24, 2.45) is 0 Å². The Morgan fingerprint density at radius 3 is 3.00 bits per heavy atom. The van der Waals surface area contributed by atoms with Crippen LogP contribution in [-0.2, 0) is 4.74 Å². The molecule has 0 aliphatic rings. The number of nitrogens with zero attached hydrogens (tertiary/aromatic N) is 1. The van der Waals surface area contributed by atoms with Crippen LogP contribution in [0.4, 0.5) is 5.69 Å². The zero-order valence-electron chi connectivity index (χ0n) is 9.60. The molecule has 0 saturated carbocycles. The van der Waals surface area contributed by atoms with E-state index in [2.05, 4.69) is 29.4 Å². The topological polar surface area (TPSA) is 34.1 Å². The van der Waals surface area contributed by atoms with Gasteiger partial charge in [0.25, 0.3) is 0 Å². The molecule has 0 bridgehead atoms. The summed E-state index contributed by atoms with van der Waals surface area (Å²) in [6.07, 6.45) is 1.81. The maximum absolute atomic E-state index is 5.11. The molecule has 2 aromatic rings. The number of nitrogens with one attached hydrogen (secondary N) is 1. The third-order valence-corrected chi connectivity index (χ3v) is 2.46. The lowest BCUT2D eigenvalue weighted by Gasteiger charge is -2.15. The standard InChI is InChI=1S/C13H16N2O/c1-10(9-16-2)15-13-7-3-6-12-11(13)5-4-8-14-12/h3-8,10,15H,9H2,1-2H3. The van der Waals surface area contributed by atoms with Crippen molar-refractivity contribution in [3.63, 3.8) is 0 Å². The number of methoxy groups -OCH3 is 1. The van der Waals surface area contributed by atoms with Gasteiger partial charge in [0.2, 0.25) is 0 Å². The Kier molecular flexibility index (Phi) is 3.37. The van der Waals surface area contributed by atoms with E-state index < -0.39 is 0 Å². The van der Waals surface area contributed by atoms with E-state index in [0.29, 0.717) is 6.61 Å². The number of rotatable bonds is 4. The third kappa shape index (κ3) is 2.31. The van der Waals surface area contributed by atoms with Gasteiger partial charge in [-0.15, -0.1) is 0 Å². The first kappa shape index (κ1) is 10.9. The molecule has 1 N–H and O–H groups in total. The highest BCUT2D eigenvalue weighted by molar-refractivity contribution is 5.91. The molecule has 0 spiro atoms. The molecular formula is C13H16N2O. The van der Waals surface area contributed by atoms with Crippen LogP contribution in [0.2, 0.25) is 0 Å². The number of anilines is 1. The second-order valence-corrected chi connectivity index (χ2v) is 3.88. The Morgan fingerprint density at radius 1 is 1.31 bits per heavy atom. The number of fused-ring (bicyclic) bond motifs is 1. The van der Waals surface area contributed by atoms with Crippen LogP contribution in [0, 0.1) is 0 Å². The van der Waals surface area contributed by atoms with Crippen LogP contribution in [-0.4, -0.2) is 24.7 Å². The monoisotopic (exact) mass is 216 g/mol. The van der Waals surface area contributed by atoms with Crippen molar-refractivity contribution in [2.45, 2.75) is 13.0 Å². The molecule has 1 aromatic heterocycles. The summed E-state index contributed by atoms with van der Waals surface area (Å²) in [4.78, 5) is 4.32. The lowest BCUT2D eigenvalue weighted by molar-refractivity contribution is 0.190. The molecule has 1 aromatic carbocycles. The Bertz CT molecular complexity index is 465. The lowest BCUT2D eigenvalue weighted by Crippen LogP contribution is -2.20. The Hall–Kier alpha value is -1.61.